The van der Waals surface area contributed by atoms with Crippen LogP contribution in [0.3, 0.4) is 0 Å². The molecule has 0 radical (unpaired) electrons. The number of hydrogen-bond acceptors (Lipinski definition) is 5. The molecule has 1 fully saturated rings. The Hall–Kier alpha value is -3.10. The molecule has 3 heterocycles. The highest BCUT2D eigenvalue weighted by Crippen LogP contribution is 2.39. The van der Waals surface area contributed by atoms with Crippen LogP contribution in [0.2, 0.25) is 0 Å². The SMILES string of the molecule is Cn1nc(-c2nc(C3CC3)no2)c2c1CCN(C(=O)c1ccc(F)c(F)c1)C2. The molecule has 1 aliphatic heterocycles. The van der Waals surface area contributed by atoms with Crippen LogP contribution in [0.15, 0.2) is 22.7 Å². The van der Waals surface area contributed by atoms with E-state index in [9.17, 15) is 13.6 Å². The maximum absolute atomic E-state index is 13.5. The summed E-state index contributed by atoms with van der Waals surface area (Å²) in [5.41, 5.74) is 2.52. The van der Waals surface area contributed by atoms with Gasteiger partial charge in [-0.3, -0.25) is 9.48 Å². The number of halogens is 2. The van der Waals surface area contributed by atoms with E-state index in [1.807, 2.05) is 7.05 Å². The quantitative estimate of drug-likeness (QED) is 0.693. The second-order valence-electron chi connectivity index (χ2n) is 7.24. The molecule has 3 aromatic rings. The molecule has 1 aliphatic carbocycles. The molecule has 1 saturated carbocycles. The van der Waals surface area contributed by atoms with E-state index in [2.05, 4.69) is 15.2 Å². The molecule has 2 aromatic heterocycles. The molecule has 5 rings (SSSR count). The van der Waals surface area contributed by atoms with Gasteiger partial charge in [0.15, 0.2) is 23.2 Å². The van der Waals surface area contributed by atoms with Crippen molar-refractivity contribution in [3.63, 3.8) is 0 Å². The first-order chi connectivity index (χ1) is 13.5. The van der Waals surface area contributed by atoms with Gasteiger partial charge in [0.2, 0.25) is 0 Å². The molecule has 0 atom stereocenters. The first-order valence-corrected chi connectivity index (χ1v) is 9.14. The van der Waals surface area contributed by atoms with Crippen LogP contribution in [0.25, 0.3) is 11.6 Å². The van der Waals surface area contributed by atoms with Crippen LogP contribution in [0.5, 0.6) is 0 Å². The van der Waals surface area contributed by atoms with Crippen LogP contribution in [-0.4, -0.2) is 37.3 Å². The van der Waals surface area contributed by atoms with Gasteiger partial charge in [0, 0.05) is 42.8 Å². The molecule has 0 unspecified atom stereocenters. The lowest BCUT2D eigenvalue weighted by molar-refractivity contribution is 0.0733. The molecule has 144 valence electrons. The molecular formula is C19H17F2N5O2. The van der Waals surface area contributed by atoms with Crippen molar-refractivity contribution < 1.29 is 18.1 Å². The lowest BCUT2D eigenvalue weighted by Gasteiger charge is -2.27. The topological polar surface area (TPSA) is 77.1 Å². The Morgan fingerprint density at radius 2 is 2.07 bits per heavy atom. The van der Waals surface area contributed by atoms with Crippen molar-refractivity contribution in [1.82, 2.24) is 24.8 Å². The van der Waals surface area contributed by atoms with Crippen molar-refractivity contribution in [2.24, 2.45) is 7.05 Å². The van der Waals surface area contributed by atoms with Crippen molar-refractivity contribution in [2.75, 3.05) is 6.54 Å². The summed E-state index contributed by atoms with van der Waals surface area (Å²) < 4.78 is 33.9. The number of carbonyl (C=O) groups is 1. The summed E-state index contributed by atoms with van der Waals surface area (Å²) in [6, 6.07) is 3.18. The molecule has 0 N–H and O–H groups in total. The maximum Gasteiger partial charge on any atom is 0.278 e. The normalized spacial score (nSPS) is 16.3. The Morgan fingerprint density at radius 3 is 2.82 bits per heavy atom. The van der Waals surface area contributed by atoms with E-state index in [1.54, 1.807) is 9.58 Å². The Bertz CT molecular complexity index is 1090. The number of hydrogen-bond donors (Lipinski definition) is 0. The Morgan fingerprint density at radius 1 is 1.25 bits per heavy atom. The molecule has 1 aromatic carbocycles. The maximum atomic E-state index is 13.5. The highest BCUT2D eigenvalue weighted by molar-refractivity contribution is 5.94. The zero-order chi connectivity index (χ0) is 19.4. The Balaban J connectivity index is 1.45. The monoisotopic (exact) mass is 385 g/mol. The first kappa shape index (κ1) is 17.0. The number of amides is 1. The van der Waals surface area contributed by atoms with E-state index in [-0.39, 0.29) is 18.0 Å². The second-order valence-corrected chi connectivity index (χ2v) is 7.24. The van der Waals surface area contributed by atoms with Gasteiger partial charge in [-0.1, -0.05) is 5.16 Å². The minimum Gasteiger partial charge on any atom is -0.334 e. The van der Waals surface area contributed by atoms with Gasteiger partial charge in [-0.2, -0.15) is 10.1 Å². The third-order valence-corrected chi connectivity index (χ3v) is 5.28. The van der Waals surface area contributed by atoms with Crippen LogP contribution in [0, 0.1) is 11.6 Å². The number of aromatic nitrogens is 4. The predicted molar refractivity (Wildman–Crippen MR) is 93.3 cm³/mol. The van der Waals surface area contributed by atoms with Gasteiger partial charge in [0.1, 0.15) is 0 Å². The van der Waals surface area contributed by atoms with Gasteiger partial charge in [-0.25, -0.2) is 8.78 Å². The molecule has 0 bridgehead atoms. The fourth-order valence-corrected chi connectivity index (χ4v) is 3.59. The fourth-order valence-electron chi connectivity index (χ4n) is 3.59. The minimum absolute atomic E-state index is 0.113. The number of nitrogens with zero attached hydrogens (tertiary/aromatic N) is 5. The molecule has 1 amide bonds. The summed E-state index contributed by atoms with van der Waals surface area (Å²) in [5.74, 6) is -0.966. The lowest BCUT2D eigenvalue weighted by atomic mass is 10.0. The van der Waals surface area contributed by atoms with E-state index in [1.165, 1.54) is 6.07 Å². The van der Waals surface area contributed by atoms with E-state index in [4.69, 9.17) is 4.52 Å². The van der Waals surface area contributed by atoms with E-state index in [0.29, 0.717) is 36.3 Å². The van der Waals surface area contributed by atoms with Crippen LogP contribution >= 0.6 is 0 Å². The van der Waals surface area contributed by atoms with E-state index >= 15 is 0 Å². The number of carbonyl (C=O) groups excluding carboxylic acids is 1. The molecule has 2 aliphatic rings. The number of rotatable bonds is 3. The molecule has 7 nitrogen and oxygen atoms in total. The summed E-state index contributed by atoms with van der Waals surface area (Å²) >= 11 is 0. The number of fused-ring (bicyclic) bond motifs is 1. The van der Waals surface area contributed by atoms with Gasteiger partial charge < -0.3 is 9.42 Å². The van der Waals surface area contributed by atoms with Gasteiger partial charge in [-0.15, -0.1) is 0 Å². The fraction of sp³-hybridized carbons (Fsp3) is 0.368. The minimum atomic E-state index is -1.04. The van der Waals surface area contributed by atoms with Gasteiger partial charge in [-0.05, 0) is 31.0 Å². The van der Waals surface area contributed by atoms with Crippen molar-refractivity contribution in [2.45, 2.75) is 31.7 Å². The van der Waals surface area contributed by atoms with Crippen molar-refractivity contribution >= 4 is 5.91 Å². The predicted octanol–water partition coefficient (Wildman–Crippen LogP) is 2.82. The van der Waals surface area contributed by atoms with Crippen LogP contribution < -0.4 is 0 Å². The Kier molecular flexibility index (Phi) is 3.78. The highest BCUT2D eigenvalue weighted by atomic mass is 19.2. The molecule has 0 saturated heterocycles. The van der Waals surface area contributed by atoms with Crippen LogP contribution in [0.4, 0.5) is 8.78 Å². The average Bonchev–Trinajstić information content (AvgIpc) is 3.34. The molecule has 28 heavy (non-hydrogen) atoms. The zero-order valence-corrected chi connectivity index (χ0v) is 15.2. The van der Waals surface area contributed by atoms with Crippen molar-refractivity contribution in [3.8, 4) is 11.6 Å². The Labute approximate surface area is 158 Å². The molecular weight excluding hydrogens is 368 g/mol. The zero-order valence-electron chi connectivity index (χ0n) is 15.2. The third-order valence-electron chi connectivity index (χ3n) is 5.28. The first-order valence-electron chi connectivity index (χ1n) is 9.14. The third kappa shape index (κ3) is 2.78. The summed E-state index contributed by atoms with van der Waals surface area (Å²) in [5, 5.41) is 8.56. The van der Waals surface area contributed by atoms with Crippen LogP contribution in [-0.2, 0) is 20.0 Å². The average molecular weight is 385 g/mol. The summed E-state index contributed by atoms with van der Waals surface area (Å²) in [4.78, 5) is 18.8. The van der Waals surface area contributed by atoms with E-state index in [0.717, 1.165) is 36.2 Å². The number of benzene rings is 1. The summed E-state index contributed by atoms with van der Waals surface area (Å²) in [6.07, 6.45) is 2.73. The van der Waals surface area contributed by atoms with Crippen molar-refractivity contribution in [3.05, 3.63) is 52.5 Å². The molecule has 0 spiro atoms. The van der Waals surface area contributed by atoms with Gasteiger partial charge in [0.05, 0.1) is 6.54 Å². The standard InChI is InChI=1S/C19H17F2N5O2/c1-25-15-6-7-26(19(27)11-4-5-13(20)14(21)8-11)9-12(15)16(23-25)18-22-17(24-28-18)10-2-3-10/h4-5,8,10H,2-3,6-7,9H2,1H3. The highest BCUT2D eigenvalue weighted by Gasteiger charge is 2.33. The number of aryl methyl sites for hydroxylation is 1. The van der Waals surface area contributed by atoms with Crippen LogP contribution in [0.1, 0.15) is 46.2 Å². The summed E-state index contributed by atoms with van der Waals surface area (Å²) in [6.45, 7) is 0.748. The lowest BCUT2D eigenvalue weighted by Crippen LogP contribution is -2.36. The van der Waals surface area contributed by atoms with Crippen molar-refractivity contribution in [1.29, 1.82) is 0 Å². The summed E-state index contributed by atoms with van der Waals surface area (Å²) in [7, 11) is 1.84. The largest absolute Gasteiger partial charge is 0.334 e. The van der Waals surface area contributed by atoms with Gasteiger partial charge in [0.25, 0.3) is 11.8 Å². The molecule has 9 heteroatoms. The smallest absolute Gasteiger partial charge is 0.278 e. The van der Waals surface area contributed by atoms with Gasteiger partial charge >= 0.3 is 0 Å². The second kappa shape index (κ2) is 6.22. The van der Waals surface area contributed by atoms with E-state index < -0.39 is 11.6 Å².